The molecule has 0 radical (unpaired) electrons. The Morgan fingerprint density at radius 1 is 1.64 bits per heavy atom. The summed E-state index contributed by atoms with van der Waals surface area (Å²) in [6.45, 7) is 5.04. The Hall–Kier alpha value is -0.0200. The molecule has 0 aromatic rings. The van der Waals surface area contributed by atoms with Crippen LogP contribution in [0.3, 0.4) is 0 Å². The van der Waals surface area contributed by atoms with Crippen LogP contribution in [0.5, 0.6) is 0 Å². The molecule has 2 nitrogen and oxygen atoms in total. The molecule has 0 aromatic carbocycles. The lowest BCUT2D eigenvalue weighted by atomic mass is 10.3. The van der Waals surface area contributed by atoms with E-state index in [2.05, 4.69) is 11.8 Å². The number of carbonyl (C=O) groups is 1. The van der Waals surface area contributed by atoms with Gasteiger partial charge in [0.2, 0.25) is 0 Å². The number of thioether (sulfide) groups is 1. The number of nitrogens with zero attached hydrogens (tertiary/aromatic N) is 1. The molecule has 0 aromatic heterocycles. The van der Waals surface area contributed by atoms with Crippen molar-refractivity contribution in [3.8, 4) is 0 Å². The van der Waals surface area contributed by atoms with Crippen molar-refractivity contribution < 1.29 is 4.79 Å². The van der Waals surface area contributed by atoms with Crippen LogP contribution in [0, 0.1) is 0 Å². The summed E-state index contributed by atoms with van der Waals surface area (Å²) < 4.78 is 0. The fraction of sp³-hybridized carbons (Fsp3) is 0.875. The lowest BCUT2D eigenvalue weighted by Gasteiger charge is -2.15. The van der Waals surface area contributed by atoms with Crippen molar-refractivity contribution in [1.82, 2.24) is 4.90 Å². The van der Waals surface area contributed by atoms with E-state index in [-0.39, 0.29) is 0 Å². The van der Waals surface area contributed by atoms with Gasteiger partial charge in [-0.3, -0.25) is 4.90 Å². The summed E-state index contributed by atoms with van der Waals surface area (Å²) in [6, 6.07) is 0. The minimum absolute atomic E-state index is 0.618. The minimum Gasteiger partial charge on any atom is -0.302 e. The number of rotatable bonds is 2. The molecule has 1 fully saturated rings. The van der Waals surface area contributed by atoms with Gasteiger partial charge < -0.3 is 4.79 Å². The summed E-state index contributed by atoms with van der Waals surface area (Å²) >= 11 is 2.01. The third-order valence-corrected chi connectivity index (χ3v) is 3.22. The van der Waals surface area contributed by atoms with Gasteiger partial charge in [-0.1, -0.05) is 6.92 Å². The summed E-state index contributed by atoms with van der Waals surface area (Å²) in [5, 5.41) is 0.770. The van der Waals surface area contributed by atoms with E-state index in [1.165, 1.54) is 12.2 Å². The maximum Gasteiger partial charge on any atom is 0.133 e. The molecular weight excluding hydrogens is 158 g/mol. The van der Waals surface area contributed by atoms with E-state index >= 15 is 0 Å². The zero-order chi connectivity index (χ0) is 8.10. The number of aldehydes is 1. The Morgan fingerprint density at radius 2 is 2.45 bits per heavy atom. The van der Waals surface area contributed by atoms with Gasteiger partial charge in [0.25, 0.3) is 0 Å². The molecule has 0 amide bonds. The Kier molecular flexibility index (Phi) is 3.94. The zero-order valence-corrected chi connectivity index (χ0v) is 7.77. The summed E-state index contributed by atoms with van der Waals surface area (Å²) in [4.78, 5) is 12.4. The molecule has 1 saturated heterocycles. The molecule has 1 rings (SSSR count). The van der Waals surface area contributed by atoms with E-state index in [0.29, 0.717) is 6.54 Å². The van der Waals surface area contributed by atoms with Crippen LogP contribution >= 0.6 is 11.8 Å². The largest absolute Gasteiger partial charge is 0.302 e. The van der Waals surface area contributed by atoms with Crippen LogP contribution in [0.4, 0.5) is 0 Å². The highest BCUT2D eigenvalue weighted by molar-refractivity contribution is 7.99. The summed E-state index contributed by atoms with van der Waals surface area (Å²) in [7, 11) is 0. The molecule has 11 heavy (non-hydrogen) atoms. The standard InChI is InChI=1S/C8H15NOS/c1-8-2-3-9(4-6-10)5-7-11-8/h6,8H,2-5,7H2,1H3. The van der Waals surface area contributed by atoms with Gasteiger partial charge in [-0.05, 0) is 13.0 Å². The van der Waals surface area contributed by atoms with Gasteiger partial charge in [-0.25, -0.2) is 0 Å². The van der Waals surface area contributed by atoms with Crippen molar-refractivity contribution in [2.24, 2.45) is 0 Å². The Balaban J connectivity index is 2.27. The van der Waals surface area contributed by atoms with E-state index in [1.54, 1.807) is 0 Å². The maximum atomic E-state index is 10.2. The Bertz CT molecular complexity index is 129. The molecule has 0 aliphatic carbocycles. The van der Waals surface area contributed by atoms with Crippen LogP contribution in [-0.4, -0.2) is 41.8 Å². The van der Waals surface area contributed by atoms with Crippen molar-refractivity contribution in [1.29, 1.82) is 0 Å². The minimum atomic E-state index is 0.618. The molecule has 0 saturated carbocycles. The lowest BCUT2D eigenvalue weighted by Crippen LogP contribution is -2.27. The van der Waals surface area contributed by atoms with Crippen LogP contribution in [0.25, 0.3) is 0 Å². The number of hydrogen-bond donors (Lipinski definition) is 0. The predicted octanol–water partition coefficient (Wildman–Crippen LogP) is 1.01. The third kappa shape index (κ3) is 3.25. The summed E-state index contributed by atoms with van der Waals surface area (Å²) in [6.07, 6.45) is 2.22. The molecule has 1 aliphatic rings. The Labute approximate surface area is 72.3 Å². The first-order chi connectivity index (χ1) is 5.33. The number of carbonyl (C=O) groups excluding carboxylic acids is 1. The Morgan fingerprint density at radius 3 is 3.18 bits per heavy atom. The lowest BCUT2D eigenvalue weighted by molar-refractivity contribution is -0.108. The van der Waals surface area contributed by atoms with Crippen LogP contribution < -0.4 is 0 Å². The molecule has 1 atom stereocenters. The molecule has 0 spiro atoms. The van der Waals surface area contributed by atoms with Gasteiger partial charge in [0.05, 0.1) is 6.54 Å². The fourth-order valence-electron chi connectivity index (χ4n) is 1.23. The second kappa shape index (κ2) is 4.78. The first-order valence-electron chi connectivity index (χ1n) is 4.10. The van der Waals surface area contributed by atoms with Crippen LogP contribution in [0.15, 0.2) is 0 Å². The first-order valence-corrected chi connectivity index (χ1v) is 5.15. The molecule has 0 N–H and O–H groups in total. The normalized spacial score (nSPS) is 27.9. The molecule has 1 unspecified atom stereocenters. The van der Waals surface area contributed by atoms with E-state index in [1.807, 2.05) is 11.8 Å². The quantitative estimate of drug-likeness (QED) is 0.581. The monoisotopic (exact) mass is 173 g/mol. The summed E-state index contributed by atoms with van der Waals surface area (Å²) in [5.41, 5.74) is 0. The fourth-order valence-corrected chi connectivity index (χ4v) is 2.27. The third-order valence-electron chi connectivity index (χ3n) is 1.99. The highest BCUT2D eigenvalue weighted by atomic mass is 32.2. The van der Waals surface area contributed by atoms with Crippen LogP contribution in [0.2, 0.25) is 0 Å². The van der Waals surface area contributed by atoms with Crippen molar-refractivity contribution in [3.63, 3.8) is 0 Å². The van der Waals surface area contributed by atoms with Crippen molar-refractivity contribution in [2.45, 2.75) is 18.6 Å². The molecule has 1 aliphatic heterocycles. The van der Waals surface area contributed by atoms with Crippen molar-refractivity contribution in [3.05, 3.63) is 0 Å². The highest BCUT2D eigenvalue weighted by Crippen LogP contribution is 2.17. The topological polar surface area (TPSA) is 20.3 Å². The van der Waals surface area contributed by atoms with Gasteiger partial charge in [0, 0.05) is 17.5 Å². The summed E-state index contributed by atoms with van der Waals surface area (Å²) in [5.74, 6) is 1.18. The molecule has 64 valence electrons. The predicted molar refractivity (Wildman–Crippen MR) is 49.0 cm³/mol. The SMILES string of the molecule is CC1CCN(CC=O)CCS1. The highest BCUT2D eigenvalue weighted by Gasteiger charge is 2.12. The van der Waals surface area contributed by atoms with Crippen molar-refractivity contribution in [2.75, 3.05) is 25.4 Å². The molecule has 3 heteroatoms. The van der Waals surface area contributed by atoms with Gasteiger partial charge in [-0.2, -0.15) is 11.8 Å². The zero-order valence-electron chi connectivity index (χ0n) is 6.95. The van der Waals surface area contributed by atoms with E-state index in [0.717, 1.165) is 24.6 Å². The average Bonchev–Trinajstić information content (AvgIpc) is 2.17. The van der Waals surface area contributed by atoms with E-state index in [4.69, 9.17) is 0 Å². The molecule has 1 heterocycles. The van der Waals surface area contributed by atoms with Gasteiger partial charge in [0.15, 0.2) is 0 Å². The van der Waals surface area contributed by atoms with Gasteiger partial charge in [-0.15, -0.1) is 0 Å². The second-order valence-electron chi connectivity index (χ2n) is 2.94. The maximum absolute atomic E-state index is 10.2. The first kappa shape index (κ1) is 9.07. The molecule has 0 bridgehead atoms. The number of hydrogen-bond acceptors (Lipinski definition) is 3. The molecular formula is C8H15NOS. The van der Waals surface area contributed by atoms with Crippen LogP contribution in [0.1, 0.15) is 13.3 Å². The average molecular weight is 173 g/mol. The van der Waals surface area contributed by atoms with Gasteiger partial charge >= 0.3 is 0 Å². The van der Waals surface area contributed by atoms with E-state index < -0.39 is 0 Å². The van der Waals surface area contributed by atoms with E-state index in [9.17, 15) is 4.79 Å². The second-order valence-corrected chi connectivity index (χ2v) is 4.48. The van der Waals surface area contributed by atoms with Gasteiger partial charge in [0.1, 0.15) is 6.29 Å². The van der Waals surface area contributed by atoms with Crippen LogP contribution in [-0.2, 0) is 4.79 Å². The van der Waals surface area contributed by atoms with Crippen molar-refractivity contribution >= 4 is 18.0 Å². The smallest absolute Gasteiger partial charge is 0.133 e.